The molecule has 18 heavy (non-hydrogen) atoms. The Morgan fingerprint density at radius 1 is 1.56 bits per heavy atom. The number of nitrogens with zero attached hydrogens (tertiary/aromatic N) is 2. The minimum atomic E-state index is -0.889. The van der Waals surface area contributed by atoms with Crippen molar-refractivity contribution >= 4 is 12.0 Å². The number of rotatable bonds is 6. The van der Waals surface area contributed by atoms with Gasteiger partial charge in [-0.15, -0.1) is 0 Å². The fourth-order valence-electron chi connectivity index (χ4n) is 1.71. The smallest absolute Gasteiger partial charge is 0.318 e. The third-order valence-electron chi connectivity index (χ3n) is 2.78. The Kier molecular flexibility index (Phi) is 3.81. The van der Waals surface area contributed by atoms with E-state index in [-0.39, 0.29) is 25.0 Å². The SMILES string of the molecule is O=C(O)CCN(C(=O)NCc1ncc[nH]1)C1CC1. The molecule has 1 aliphatic carbocycles. The number of aromatic amines is 1. The van der Waals surface area contributed by atoms with Crippen molar-refractivity contribution in [3.05, 3.63) is 18.2 Å². The molecule has 0 aliphatic heterocycles. The molecule has 0 bridgehead atoms. The van der Waals surface area contributed by atoms with E-state index in [1.54, 1.807) is 17.3 Å². The summed E-state index contributed by atoms with van der Waals surface area (Å²) in [4.78, 5) is 30.9. The molecule has 0 saturated heterocycles. The highest BCUT2D eigenvalue weighted by Gasteiger charge is 2.32. The first-order valence-corrected chi connectivity index (χ1v) is 5.91. The zero-order valence-electron chi connectivity index (χ0n) is 9.93. The van der Waals surface area contributed by atoms with Crippen LogP contribution in [0.5, 0.6) is 0 Å². The summed E-state index contributed by atoms with van der Waals surface area (Å²) in [5.74, 6) is -0.211. The van der Waals surface area contributed by atoms with Crippen molar-refractivity contribution in [2.45, 2.75) is 31.8 Å². The van der Waals surface area contributed by atoms with Crippen LogP contribution in [0.4, 0.5) is 4.79 Å². The Labute approximate surface area is 104 Å². The second-order valence-electron chi connectivity index (χ2n) is 4.26. The second-order valence-corrected chi connectivity index (χ2v) is 4.26. The molecule has 0 aromatic carbocycles. The van der Waals surface area contributed by atoms with E-state index in [0.29, 0.717) is 12.4 Å². The highest BCUT2D eigenvalue weighted by molar-refractivity contribution is 5.75. The first kappa shape index (κ1) is 12.4. The molecule has 7 nitrogen and oxygen atoms in total. The Balaban J connectivity index is 1.81. The molecule has 3 N–H and O–H groups in total. The lowest BCUT2D eigenvalue weighted by molar-refractivity contribution is -0.137. The molecule has 7 heteroatoms. The van der Waals surface area contributed by atoms with E-state index in [1.807, 2.05) is 0 Å². The van der Waals surface area contributed by atoms with Crippen molar-refractivity contribution < 1.29 is 14.7 Å². The van der Waals surface area contributed by atoms with Crippen LogP contribution in [0.2, 0.25) is 0 Å². The average molecular weight is 252 g/mol. The summed E-state index contributed by atoms with van der Waals surface area (Å²) < 4.78 is 0. The topological polar surface area (TPSA) is 98.3 Å². The average Bonchev–Trinajstić information content (AvgIpc) is 3.03. The van der Waals surface area contributed by atoms with Crippen LogP contribution in [-0.2, 0) is 11.3 Å². The molecule has 0 spiro atoms. The molecule has 2 amide bonds. The van der Waals surface area contributed by atoms with Crippen LogP contribution in [-0.4, -0.2) is 44.6 Å². The quantitative estimate of drug-likeness (QED) is 0.688. The fraction of sp³-hybridized carbons (Fsp3) is 0.545. The number of carbonyl (C=O) groups is 2. The van der Waals surface area contributed by atoms with E-state index in [2.05, 4.69) is 15.3 Å². The summed E-state index contributed by atoms with van der Waals surface area (Å²) in [6.07, 6.45) is 5.18. The fourth-order valence-corrected chi connectivity index (χ4v) is 1.71. The van der Waals surface area contributed by atoms with Gasteiger partial charge in [0.2, 0.25) is 0 Å². The molecule has 98 valence electrons. The van der Waals surface area contributed by atoms with Crippen molar-refractivity contribution in [2.75, 3.05) is 6.54 Å². The van der Waals surface area contributed by atoms with Crippen molar-refractivity contribution in [3.63, 3.8) is 0 Å². The first-order valence-electron chi connectivity index (χ1n) is 5.91. The number of H-pyrrole nitrogens is 1. The summed E-state index contributed by atoms with van der Waals surface area (Å²) in [5, 5.41) is 11.4. The minimum absolute atomic E-state index is 0.0231. The van der Waals surface area contributed by atoms with E-state index in [9.17, 15) is 9.59 Å². The third-order valence-corrected chi connectivity index (χ3v) is 2.78. The second kappa shape index (κ2) is 5.52. The van der Waals surface area contributed by atoms with Crippen molar-refractivity contribution in [2.24, 2.45) is 0 Å². The number of imidazole rings is 1. The summed E-state index contributed by atoms with van der Waals surface area (Å²) in [5.41, 5.74) is 0. The third kappa shape index (κ3) is 3.47. The maximum atomic E-state index is 11.9. The number of hydrogen-bond acceptors (Lipinski definition) is 3. The molecular weight excluding hydrogens is 236 g/mol. The van der Waals surface area contributed by atoms with Gasteiger partial charge in [0.25, 0.3) is 0 Å². The standard InChI is InChI=1S/C11H16N4O3/c16-10(17)3-6-15(8-1-2-8)11(18)14-7-9-12-4-5-13-9/h4-5,8H,1-3,6-7H2,(H,12,13)(H,14,18)(H,16,17). The lowest BCUT2D eigenvalue weighted by Gasteiger charge is -2.21. The summed E-state index contributed by atoms with van der Waals surface area (Å²) >= 11 is 0. The molecule has 1 heterocycles. The van der Waals surface area contributed by atoms with E-state index in [1.165, 1.54) is 0 Å². The molecular formula is C11H16N4O3. The largest absolute Gasteiger partial charge is 0.481 e. The number of aliphatic carboxylic acids is 1. The van der Waals surface area contributed by atoms with Crippen LogP contribution < -0.4 is 5.32 Å². The molecule has 0 unspecified atom stereocenters. The van der Waals surface area contributed by atoms with Gasteiger partial charge in [0, 0.05) is 25.0 Å². The van der Waals surface area contributed by atoms with E-state index < -0.39 is 5.97 Å². The maximum absolute atomic E-state index is 11.9. The normalized spacial score (nSPS) is 14.2. The Morgan fingerprint density at radius 3 is 2.89 bits per heavy atom. The highest BCUT2D eigenvalue weighted by atomic mass is 16.4. The lowest BCUT2D eigenvalue weighted by atomic mass is 10.4. The zero-order valence-corrected chi connectivity index (χ0v) is 9.93. The van der Waals surface area contributed by atoms with Crippen molar-refractivity contribution in [1.82, 2.24) is 20.2 Å². The van der Waals surface area contributed by atoms with Gasteiger partial charge in [-0.05, 0) is 12.8 Å². The van der Waals surface area contributed by atoms with Gasteiger partial charge in [0.1, 0.15) is 5.82 Å². The van der Waals surface area contributed by atoms with E-state index in [4.69, 9.17) is 5.11 Å². The van der Waals surface area contributed by atoms with Gasteiger partial charge in [0.05, 0.1) is 13.0 Å². The van der Waals surface area contributed by atoms with Crippen molar-refractivity contribution in [1.29, 1.82) is 0 Å². The number of carbonyl (C=O) groups excluding carboxylic acids is 1. The number of amides is 2. The molecule has 1 fully saturated rings. The molecule has 1 saturated carbocycles. The van der Waals surface area contributed by atoms with Crippen LogP contribution in [0, 0.1) is 0 Å². The predicted octanol–water partition coefficient (Wildman–Crippen LogP) is 0.558. The minimum Gasteiger partial charge on any atom is -0.481 e. The summed E-state index contributed by atoms with van der Waals surface area (Å²) in [6, 6.07) is -0.0314. The number of hydrogen-bond donors (Lipinski definition) is 3. The number of aromatic nitrogens is 2. The molecule has 2 rings (SSSR count). The number of carboxylic acid groups (broad SMARTS) is 1. The van der Waals surface area contributed by atoms with E-state index in [0.717, 1.165) is 12.8 Å². The van der Waals surface area contributed by atoms with Gasteiger partial charge >= 0.3 is 12.0 Å². The van der Waals surface area contributed by atoms with E-state index >= 15 is 0 Å². The lowest BCUT2D eigenvalue weighted by Crippen LogP contribution is -2.42. The Hall–Kier alpha value is -2.05. The van der Waals surface area contributed by atoms with Crippen molar-refractivity contribution in [3.8, 4) is 0 Å². The number of carboxylic acids is 1. The van der Waals surface area contributed by atoms with Gasteiger partial charge in [-0.3, -0.25) is 4.79 Å². The van der Waals surface area contributed by atoms with Crippen LogP contribution >= 0.6 is 0 Å². The molecule has 0 radical (unpaired) electrons. The monoisotopic (exact) mass is 252 g/mol. The van der Waals surface area contributed by atoms with Gasteiger partial charge in [-0.25, -0.2) is 9.78 Å². The van der Waals surface area contributed by atoms with Gasteiger partial charge < -0.3 is 20.3 Å². The molecule has 1 aromatic rings. The number of urea groups is 1. The highest BCUT2D eigenvalue weighted by Crippen LogP contribution is 2.26. The molecule has 0 atom stereocenters. The molecule has 1 aliphatic rings. The van der Waals surface area contributed by atoms with Gasteiger partial charge in [-0.2, -0.15) is 0 Å². The van der Waals surface area contributed by atoms with Crippen LogP contribution in [0.3, 0.4) is 0 Å². The Morgan fingerprint density at radius 2 is 2.33 bits per heavy atom. The first-order chi connectivity index (χ1) is 8.66. The summed E-state index contributed by atoms with van der Waals surface area (Å²) in [7, 11) is 0. The van der Waals surface area contributed by atoms with Crippen LogP contribution in [0.15, 0.2) is 12.4 Å². The van der Waals surface area contributed by atoms with Crippen LogP contribution in [0.25, 0.3) is 0 Å². The molecule has 1 aromatic heterocycles. The summed E-state index contributed by atoms with van der Waals surface area (Å²) in [6.45, 7) is 0.576. The number of nitrogens with one attached hydrogen (secondary N) is 2. The predicted molar refractivity (Wildman–Crippen MR) is 62.8 cm³/mol. The van der Waals surface area contributed by atoms with Gasteiger partial charge in [-0.1, -0.05) is 0 Å². The van der Waals surface area contributed by atoms with Crippen LogP contribution in [0.1, 0.15) is 25.1 Å². The maximum Gasteiger partial charge on any atom is 0.318 e. The van der Waals surface area contributed by atoms with Gasteiger partial charge in [0.15, 0.2) is 0 Å². The Bertz CT molecular complexity index is 414. The zero-order chi connectivity index (χ0) is 13.0.